The average molecular weight is 289 g/mol. The molecular weight excluding hydrogens is 262 g/mol. The lowest BCUT2D eigenvalue weighted by Gasteiger charge is -2.37. The van der Waals surface area contributed by atoms with E-state index >= 15 is 0 Å². The van der Waals surface area contributed by atoms with Crippen LogP contribution in [0.5, 0.6) is 5.75 Å². The van der Waals surface area contributed by atoms with Crippen molar-refractivity contribution in [2.24, 2.45) is 0 Å². The summed E-state index contributed by atoms with van der Waals surface area (Å²) in [5, 5.41) is 0. The molecule has 1 saturated heterocycles. The van der Waals surface area contributed by atoms with Crippen molar-refractivity contribution in [1.29, 1.82) is 0 Å². The molecule has 0 amide bonds. The zero-order chi connectivity index (χ0) is 15.5. The quantitative estimate of drug-likeness (QED) is 0.789. The summed E-state index contributed by atoms with van der Waals surface area (Å²) in [5.74, 6) is 0.832. The van der Waals surface area contributed by atoms with Crippen LogP contribution in [0.2, 0.25) is 0 Å². The number of ketones is 1. The van der Waals surface area contributed by atoms with Crippen molar-refractivity contribution in [3.8, 4) is 5.75 Å². The fourth-order valence-corrected chi connectivity index (χ4v) is 3.10. The summed E-state index contributed by atoms with van der Waals surface area (Å²) in [7, 11) is 1.63. The van der Waals surface area contributed by atoms with Gasteiger partial charge in [0.1, 0.15) is 5.75 Å². The normalized spacial score (nSPS) is 17.3. The van der Waals surface area contributed by atoms with Crippen molar-refractivity contribution < 1.29 is 9.53 Å². The van der Waals surface area contributed by atoms with E-state index < -0.39 is 5.54 Å². The van der Waals surface area contributed by atoms with Gasteiger partial charge in [-0.1, -0.05) is 24.5 Å². The molecule has 0 aromatic heterocycles. The lowest BCUT2D eigenvalue weighted by Crippen LogP contribution is -2.50. The molecule has 3 heteroatoms. The maximum atomic E-state index is 13.1. The first-order chi connectivity index (χ1) is 9.96. The number of rotatable bonds is 4. The van der Waals surface area contributed by atoms with E-state index in [1.165, 1.54) is 25.7 Å². The number of methoxy groups -OCH3 is 1. The molecule has 0 N–H and O–H groups in total. The largest absolute Gasteiger partial charge is 0.496 e. The second-order valence-corrected chi connectivity index (χ2v) is 6.49. The number of aryl methyl sites for hydroxylation is 1. The number of carbonyl (C=O) groups is 1. The van der Waals surface area contributed by atoms with Gasteiger partial charge in [-0.25, -0.2) is 0 Å². The first-order valence-electron chi connectivity index (χ1n) is 7.91. The van der Waals surface area contributed by atoms with Gasteiger partial charge >= 0.3 is 0 Å². The summed E-state index contributed by atoms with van der Waals surface area (Å²) in [5.41, 5.74) is 1.31. The van der Waals surface area contributed by atoms with Gasteiger partial charge in [0, 0.05) is 0 Å². The highest BCUT2D eigenvalue weighted by atomic mass is 16.5. The SMILES string of the molecule is COc1ccc(C)cc1C(=O)C(C)(C)N1CCCCCC1. The van der Waals surface area contributed by atoms with Crippen molar-refractivity contribution in [2.45, 2.75) is 52.0 Å². The Kier molecular flexibility index (Phi) is 5.04. The first kappa shape index (κ1) is 16.0. The van der Waals surface area contributed by atoms with Gasteiger partial charge in [0.2, 0.25) is 0 Å². The van der Waals surface area contributed by atoms with Crippen molar-refractivity contribution in [3.05, 3.63) is 29.3 Å². The van der Waals surface area contributed by atoms with Gasteiger partial charge in [-0.15, -0.1) is 0 Å². The van der Waals surface area contributed by atoms with Crippen LogP contribution in [-0.4, -0.2) is 36.4 Å². The molecule has 0 bridgehead atoms. The standard InChI is InChI=1S/C18H27NO2/c1-14-9-10-16(21-4)15(13-14)17(20)18(2,3)19-11-7-5-6-8-12-19/h9-10,13H,5-8,11-12H2,1-4H3. The van der Waals surface area contributed by atoms with Gasteiger partial charge in [-0.2, -0.15) is 0 Å². The molecule has 1 aromatic rings. The molecule has 1 fully saturated rings. The molecule has 1 aliphatic rings. The van der Waals surface area contributed by atoms with Crippen LogP contribution in [0.1, 0.15) is 55.5 Å². The summed E-state index contributed by atoms with van der Waals surface area (Å²) >= 11 is 0. The predicted octanol–water partition coefficient (Wildman–Crippen LogP) is 3.84. The number of hydrogen-bond donors (Lipinski definition) is 0. The number of benzene rings is 1. The van der Waals surface area contributed by atoms with E-state index in [0.717, 1.165) is 18.7 Å². The maximum Gasteiger partial charge on any atom is 0.186 e. The Labute approximate surface area is 128 Å². The van der Waals surface area contributed by atoms with Gasteiger partial charge in [0.25, 0.3) is 0 Å². The molecule has 1 heterocycles. The van der Waals surface area contributed by atoms with E-state index in [0.29, 0.717) is 11.3 Å². The summed E-state index contributed by atoms with van der Waals surface area (Å²) in [6, 6.07) is 5.82. The Bertz CT molecular complexity index is 500. The molecule has 0 aliphatic carbocycles. The number of likely N-dealkylation sites (tertiary alicyclic amines) is 1. The second-order valence-electron chi connectivity index (χ2n) is 6.49. The van der Waals surface area contributed by atoms with Crippen molar-refractivity contribution in [1.82, 2.24) is 4.90 Å². The van der Waals surface area contributed by atoms with Gasteiger partial charge in [0.05, 0.1) is 18.2 Å². The zero-order valence-electron chi connectivity index (χ0n) is 13.7. The van der Waals surface area contributed by atoms with E-state index in [1.807, 2.05) is 39.0 Å². The summed E-state index contributed by atoms with van der Waals surface area (Å²) in [6.07, 6.45) is 4.91. The van der Waals surface area contributed by atoms with Crippen molar-refractivity contribution in [3.63, 3.8) is 0 Å². The van der Waals surface area contributed by atoms with Crippen LogP contribution in [-0.2, 0) is 0 Å². The molecule has 2 rings (SSSR count). The third-order valence-electron chi connectivity index (χ3n) is 4.55. The topological polar surface area (TPSA) is 29.5 Å². The molecule has 1 aliphatic heterocycles. The average Bonchev–Trinajstić information content (AvgIpc) is 2.76. The fraction of sp³-hybridized carbons (Fsp3) is 0.611. The Morgan fingerprint density at radius 1 is 1.14 bits per heavy atom. The molecule has 3 nitrogen and oxygen atoms in total. The molecule has 21 heavy (non-hydrogen) atoms. The molecule has 116 valence electrons. The first-order valence-corrected chi connectivity index (χ1v) is 7.91. The van der Waals surface area contributed by atoms with Gasteiger partial charge < -0.3 is 4.74 Å². The van der Waals surface area contributed by atoms with Crippen LogP contribution < -0.4 is 4.74 Å². The van der Waals surface area contributed by atoms with E-state index in [-0.39, 0.29) is 5.78 Å². The van der Waals surface area contributed by atoms with E-state index in [9.17, 15) is 4.79 Å². The lowest BCUT2D eigenvalue weighted by atomic mass is 9.89. The van der Waals surface area contributed by atoms with E-state index in [1.54, 1.807) is 7.11 Å². The summed E-state index contributed by atoms with van der Waals surface area (Å²) < 4.78 is 5.39. The number of carbonyl (C=O) groups excluding carboxylic acids is 1. The van der Waals surface area contributed by atoms with Crippen molar-refractivity contribution >= 4 is 5.78 Å². The molecule has 0 radical (unpaired) electrons. The Hall–Kier alpha value is -1.35. The highest BCUT2D eigenvalue weighted by Crippen LogP contribution is 2.29. The van der Waals surface area contributed by atoms with Crippen LogP contribution in [0.25, 0.3) is 0 Å². The Balaban J connectivity index is 2.30. The van der Waals surface area contributed by atoms with Crippen molar-refractivity contribution in [2.75, 3.05) is 20.2 Å². The maximum absolute atomic E-state index is 13.1. The Morgan fingerprint density at radius 2 is 1.76 bits per heavy atom. The lowest BCUT2D eigenvalue weighted by molar-refractivity contribution is 0.0646. The molecule has 0 atom stereocenters. The molecule has 0 saturated carbocycles. The predicted molar refractivity (Wildman–Crippen MR) is 86.2 cm³/mol. The fourth-order valence-electron chi connectivity index (χ4n) is 3.10. The van der Waals surface area contributed by atoms with Gasteiger partial charge in [-0.3, -0.25) is 9.69 Å². The van der Waals surface area contributed by atoms with Crippen LogP contribution in [0.3, 0.4) is 0 Å². The minimum absolute atomic E-state index is 0.157. The van der Waals surface area contributed by atoms with Crippen LogP contribution in [0.15, 0.2) is 18.2 Å². The highest BCUT2D eigenvalue weighted by Gasteiger charge is 2.36. The Morgan fingerprint density at radius 3 is 2.33 bits per heavy atom. The molecule has 1 aromatic carbocycles. The minimum Gasteiger partial charge on any atom is -0.496 e. The van der Waals surface area contributed by atoms with E-state index in [4.69, 9.17) is 4.74 Å². The zero-order valence-corrected chi connectivity index (χ0v) is 13.7. The number of ether oxygens (including phenoxy) is 1. The van der Waals surface area contributed by atoms with Crippen LogP contribution in [0.4, 0.5) is 0 Å². The third-order valence-corrected chi connectivity index (χ3v) is 4.55. The second kappa shape index (κ2) is 6.61. The number of nitrogens with zero attached hydrogens (tertiary/aromatic N) is 1. The molecule has 0 spiro atoms. The van der Waals surface area contributed by atoms with Gasteiger partial charge in [-0.05, 0) is 58.8 Å². The van der Waals surface area contributed by atoms with Crippen LogP contribution in [0, 0.1) is 6.92 Å². The number of hydrogen-bond acceptors (Lipinski definition) is 3. The molecular formula is C18H27NO2. The smallest absolute Gasteiger partial charge is 0.186 e. The number of Topliss-reactive ketones (excluding diaryl/α,β-unsaturated/α-hetero) is 1. The summed E-state index contributed by atoms with van der Waals surface area (Å²) in [6.45, 7) is 8.11. The van der Waals surface area contributed by atoms with Crippen LogP contribution >= 0.6 is 0 Å². The minimum atomic E-state index is -0.481. The third kappa shape index (κ3) is 3.46. The molecule has 0 unspecified atom stereocenters. The summed E-state index contributed by atoms with van der Waals surface area (Å²) in [4.78, 5) is 15.4. The van der Waals surface area contributed by atoms with Gasteiger partial charge in [0.15, 0.2) is 5.78 Å². The monoisotopic (exact) mass is 289 g/mol. The van der Waals surface area contributed by atoms with E-state index in [2.05, 4.69) is 4.90 Å². The highest BCUT2D eigenvalue weighted by molar-refractivity contribution is 6.05.